The van der Waals surface area contributed by atoms with Crippen LogP contribution in [0.5, 0.6) is 5.75 Å². The van der Waals surface area contributed by atoms with Gasteiger partial charge in [0.15, 0.2) is 12.9 Å². The lowest BCUT2D eigenvalue weighted by molar-refractivity contribution is -0.137. The number of rotatable bonds is 7. The number of ether oxygens (including phenoxy) is 1. The molecule has 0 fully saturated rings. The average molecular weight is 444 g/mol. The number of benzene rings is 3. The number of halogens is 3. The SMILES string of the molecule is CN(CC(=O)Nc1ccccc1C(F)(F)F)C(=O)COc1ccc2ccccc2c1C=O. The minimum absolute atomic E-state index is 0.212. The number of hydrogen-bond acceptors (Lipinski definition) is 4. The van der Waals surface area contributed by atoms with E-state index in [9.17, 15) is 27.6 Å². The van der Waals surface area contributed by atoms with Gasteiger partial charge in [0.25, 0.3) is 5.91 Å². The Balaban J connectivity index is 1.62. The Morgan fingerprint density at radius 3 is 2.44 bits per heavy atom. The van der Waals surface area contributed by atoms with Crippen LogP contribution in [0.15, 0.2) is 60.7 Å². The lowest BCUT2D eigenvalue weighted by atomic mass is 10.0. The van der Waals surface area contributed by atoms with Crippen molar-refractivity contribution in [2.45, 2.75) is 6.18 Å². The zero-order valence-corrected chi connectivity index (χ0v) is 17.0. The molecule has 0 bridgehead atoms. The summed E-state index contributed by atoms with van der Waals surface area (Å²) in [6.45, 7) is -0.936. The molecule has 0 heterocycles. The van der Waals surface area contributed by atoms with Crippen LogP contribution in [0.2, 0.25) is 0 Å². The van der Waals surface area contributed by atoms with E-state index >= 15 is 0 Å². The lowest BCUT2D eigenvalue weighted by Gasteiger charge is -2.19. The summed E-state index contributed by atoms with van der Waals surface area (Å²) in [6.07, 6.45) is -3.99. The van der Waals surface area contributed by atoms with E-state index in [2.05, 4.69) is 5.32 Å². The molecule has 0 saturated heterocycles. The van der Waals surface area contributed by atoms with Gasteiger partial charge >= 0.3 is 6.18 Å². The summed E-state index contributed by atoms with van der Waals surface area (Å²) in [6, 6.07) is 15.1. The maximum absolute atomic E-state index is 13.1. The fraction of sp³-hybridized carbons (Fsp3) is 0.174. The number of carbonyl (C=O) groups is 3. The van der Waals surface area contributed by atoms with Crippen molar-refractivity contribution in [1.82, 2.24) is 4.90 Å². The number of nitrogens with one attached hydrogen (secondary N) is 1. The van der Waals surface area contributed by atoms with Crippen LogP contribution in [-0.4, -0.2) is 43.2 Å². The van der Waals surface area contributed by atoms with Gasteiger partial charge in [0.1, 0.15) is 5.75 Å². The molecule has 0 aliphatic heterocycles. The summed E-state index contributed by atoms with van der Waals surface area (Å²) in [7, 11) is 1.32. The fourth-order valence-electron chi connectivity index (χ4n) is 3.11. The zero-order chi connectivity index (χ0) is 23.3. The maximum atomic E-state index is 13.1. The Bertz CT molecular complexity index is 1160. The summed E-state index contributed by atoms with van der Waals surface area (Å²) in [5.74, 6) is -1.17. The van der Waals surface area contributed by atoms with Gasteiger partial charge in [0.05, 0.1) is 23.4 Å². The second-order valence-electron chi connectivity index (χ2n) is 6.95. The Hall–Kier alpha value is -3.88. The van der Waals surface area contributed by atoms with Crippen LogP contribution in [0.3, 0.4) is 0 Å². The molecule has 0 radical (unpaired) electrons. The van der Waals surface area contributed by atoms with Crippen LogP contribution in [0.1, 0.15) is 15.9 Å². The fourth-order valence-corrected chi connectivity index (χ4v) is 3.11. The third-order valence-corrected chi connectivity index (χ3v) is 4.71. The smallest absolute Gasteiger partial charge is 0.418 e. The number of amides is 2. The molecular weight excluding hydrogens is 425 g/mol. The average Bonchev–Trinajstić information content (AvgIpc) is 2.76. The highest BCUT2D eigenvalue weighted by Crippen LogP contribution is 2.34. The van der Waals surface area contributed by atoms with Crippen LogP contribution in [0.25, 0.3) is 10.8 Å². The molecule has 3 aromatic rings. The highest BCUT2D eigenvalue weighted by Gasteiger charge is 2.33. The normalized spacial score (nSPS) is 11.1. The van der Waals surface area contributed by atoms with E-state index < -0.39 is 42.4 Å². The van der Waals surface area contributed by atoms with Crippen LogP contribution < -0.4 is 10.1 Å². The van der Waals surface area contributed by atoms with Gasteiger partial charge in [-0.2, -0.15) is 13.2 Å². The Morgan fingerprint density at radius 2 is 1.72 bits per heavy atom. The number of para-hydroxylation sites is 1. The number of anilines is 1. The number of fused-ring (bicyclic) bond motifs is 1. The number of alkyl halides is 3. The van der Waals surface area contributed by atoms with E-state index in [0.717, 1.165) is 22.4 Å². The first-order chi connectivity index (χ1) is 15.2. The summed E-state index contributed by atoms with van der Waals surface area (Å²) < 4.78 is 44.6. The van der Waals surface area contributed by atoms with Gasteiger partial charge < -0.3 is 15.0 Å². The van der Waals surface area contributed by atoms with Gasteiger partial charge in [0, 0.05) is 7.05 Å². The van der Waals surface area contributed by atoms with Crippen molar-refractivity contribution in [1.29, 1.82) is 0 Å². The Kier molecular flexibility index (Phi) is 6.77. The molecule has 32 heavy (non-hydrogen) atoms. The van der Waals surface area contributed by atoms with Gasteiger partial charge in [-0.05, 0) is 29.0 Å². The van der Waals surface area contributed by atoms with Crippen LogP contribution in [0.4, 0.5) is 18.9 Å². The second kappa shape index (κ2) is 9.51. The van der Waals surface area contributed by atoms with Gasteiger partial charge in [-0.3, -0.25) is 14.4 Å². The van der Waals surface area contributed by atoms with Crippen molar-refractivity contribution in [3.63, 3.8) is 0 Å². The third kappa shape index (κ3) is 5.23. The molecule has 0 aromatic heterocycles. The first-order valence-electron chi connectivity index (χ1n) is 9.50. The first kappa shape index (κ1) is 22.8. The summed E-state index contributed by atoms with van der Waals surface area (Å²) in [4.78, 5) is 37.1. The molecule has 3 aromatic carbocycles. The molecule has 0 aliphatic carbocycles. The Labute approximate surface area is 181 Å². The standard InChI is InChI=1S/C23H19F3N2O4/c1-28(12-21(30)27-19-9-5-4-8-18(19)23(24,25)26)22(31)14-32-20-11-10-15-6-2-3-7-16(15)17(20)13-29/h2-11,13H,12,14H2,1H3,(H,27,30). The molecule has 0 aliphatic rings. The highest BCUT2D eigenvalue weighted by atomic mass is 19.4. The van der Waals surface area contributed by atoms with Gasteiger partial charge in [-0.1, -0.05) is 42.5 Å². The number of likely N-dealkylation sites (N-methyl/N-ethyl adjacent to an activating group) is 1. The van der Waals surface area contributed by atoms with E-state index in [1.54, 1.807) is 24.3 Å². The van der Waals surface area contributed by atoms with Crippen molar-refractivity contribution >= 4 is 34.6 Å². The molecule has 0 saturated carbocycles. The third-order valence-electron chi connectivity index (χ3n) is 4.71. The number of carbonyl (C=O) groups excluding carboxylic acids is 3. The largest absolute Gasteiger partial charge is 0.483 e. The quantitative estimate of drug-likeness (QED) is 0.556. The molecule has 166 valence electrons. The van der Waals surface area contributed by atoms with Gasteiger partial charge in [-0.15, -0.1) is 0 Å². The zero-order valence-electron chi connectivity index (χ0n) is 17.0. The van der Waals surface area contributed by atoms with Crippen molar-refractivity contribution in [2.24, 2.45) is 0 Å². The van der Waals surface area contributed by atoms with E-state index in [-0.39, 0.29) is 5.75 Å². The van der Waals surface area contributed by atoms with Gasteiger partial charge in [-0.25, -0.2) is 0 Å². The van der Waals surface area contributed by atoms with Crippen molar-refractivity contribution in [2.75, 3.05) is 25.5 Å². The summed E-state index contributed by atoms with van der Waals surface area (Å²) >= 11 is 0. The minimum Gasteiger partial charge on any atom is -0.483 e. The van der Waals surface area contributed by atoms with E-state index in [4.69, 9.17) is 4.74 Å². The number of hydrogen-bond donors (Lipinski definition) is 1. The number of nitrogens with zero attached hydrogens (tertiary/aromatic N) is 1. The molecular formula is C23H19F3N2O4. The van der Waals surface area contributed by atoms with E-state index in [1.165, 1.54) is 19.2 Å². The predicted octanol–water partition coefficient (Wildman–Crippen LogP) is 4.15. The Morgan fingerprint density at radius 1 is 1.03 bits per heavy atom. The number of aldehydes is 1. The molecule has 0 atom stereocenters. The van der Waals surface area contributed by atoms with Gasteiger partial charge in [0.2, 0.25) is 5.91 Å². The summed E-state index contributed by atoms with van der Waals surface area (Å²) in [5.41, 5.74) is -1.09. The molecule has 0 spiro atoms. The van der Waals surface area contributed by atoms with Crippen LogP contribution in [-0.2, 0) is 15.8 Å². The topological polar surface area (TPSA) is 75.7 Å². The van der Waals surface area contributed by atoms with Crippen molar-refractivity contribution in [3.05, 3.63) is 71.8 Å². The van der Waals surface area contributed by atoms with E-state index in [0.29, 0.717) is 17.2 Å². The maximum Gasteiger partial charge on any atom is 0.418 e. The molecule has 1 N–H and O–H groups in total. The second-order valence-corrected chi connectivity index (χ2v) is 6.95. The molecule has 2 amide bonds. The van der Waals surface area contributed by atoms with Crippen LogP contribution in [0, 0.1) is 0 Å². The monoisotopic (exact) mass is 444 g/mol. The minimum atomic E-state index is -4.63. The predicted molar refractivity (Wildman–Crippen MR) is 113 cm³/mol. The van der Waals surface area contributed by atoms with E-state index in [1.807, 2.05) is 12.1 Å². The van der Waals surface area contributed by atoms with Crippen LogP contribution >= 0.6 is 0 Å². The molecule has 6 nitrogen and oxygen atoms in total. The summed E-state index contributed by atoms with van der Waals surface area (Å²) in [5, 5.41) is 3.68. The molecule has 0 unspecified atom stereocenters. The first-order valence-corrected chi connectivity index (χ1v) is 9.50. The molecule has 3 rings (SSSR count). The van der Waals surface area contributed by atoms with Crippen molar-refractivity contribution in [3.8, 4) is 5.75 Å². The molecule has 9 heteroatoms. The highest BCUT2D eigenvalue weighted by molar-refractivity contribution is 6.01. The van der Waals surface area contributed by atoms with Crippen molar-refractivity contribution < 1.29 is 32.3 Å². The lowest BCUT2D eigenvalue weighted by Crippen LogP contribution is -2.38.